The molecule has 29 heavy (non-hydrogen) atoms. The monoisotopic (exact) mass is 399 g/mol. The lowest BCUT2D eigenvalue weighted by Gasteiger charge is -2.27. The Labute approximate surface area is 170 Å². The first-order valence-electron chi connectivity index (χ1n) is 9.68. The van der Waals surface area contributed by atoms with Crippen LogP contribution in [0.2, 0.25) is 0 Å². The van der Waals surface area contributed by atoms with Crippen LogP contribution in [-0.4, -0.2) is 25.1 Å². The van der Waals surface area contributed by atoms with Gasteiger partial charge in [0, 0.05) is 18.8 Å². The first-order chi connectivity index (χ1) is 13.8. The number of anilines is 2. The highest BCUT2D eigenvalue weighted by Gasteiger charge is 2.37. The molecule has 2 aromatic rings. The van der Waals surface area contributed by atoms with Crippen molar-refractivity contribution in [3.05, 3.63) is 53.8 Å². The van der Waals surface area contributed by atoms with E-state index in [0.29, 0.717) is 30.3 Å². The molecule has 0 fully saturated rings. The summed E-state index contributed by atoms with van der Waals surface area (Å²) < 4.78 is 18.8. The summed E-state index contributed by atoms with van der Waals surface area (Å²) in [4.78, 5) is 26.9. The van der Waals surface area contributed by atoms with Crippen molar-refractivity contribution in [2.45, 2.75) is 33.7 Å². The maximum absolute atomic E-state index is 13.0. The minimum atomic E-state index is -0.631. The second-order valence-electron chi connectivity index (χ2n) is 7.75. The summed E-state index contributed by atoms with van der Waals surface area (Å²) in [5.74, 6) is 0.297. The van der Waals surface area contributed by atoms with Crippen LogP contribution in [0.4, 0.5) is 20.6 Å². The summed E-state index contributed by atoms with van der Waals surface area (Å²) in [5.41, 5.74) is 1.36. The smallest absolute Gasteiger partial charge is 0.319 e. The Bertz CT molecular complexity index is 897. The second-order valence-corrected chi connectivity index (χ2v) is 7.75. The molecule has 154 valence electrons. The van der Waals surface area contributed by atoms with Crippen molar-refractivity contribution in [1.82, 2.24) is 5.32 Å². The number of hydrogen-bond donors (Lipinski definition) is 2. The minimum absolute atomic E-state index is 0.00369. The molecule has 2 aromatic carbocycles. The van der Waals surface area contributed by atoms with Gasteiger partial charge in [-0.1, -0.05) is 19.1 Å². The zero-order valence-corrected chi connectivity index (χ0v) is 16.9. The highest BCUT2D eigenvalue weighted by molar-refractivity contribution is 6.00. The van der Waals surface area contributed by atoms with E-state index in [4.69, 9.17) is 4.74 Å². The number of carbonyl (C=O) groups is 2. The normalized spacial score (nSPS) is 15.2. The fourth-order valence-corrected chi connectivity index (χ4v) is 3.13. The second kappa shape index (κ2) is 8.51. The quantitative estimate of drug-likeness (QED) is 0.787. The molecule has 0 aliphatic carbocycles. The number of benzene rings is 2. The topological polar surface area (TPSA) is 70.7 Å². The van der Waals surface area contributed by atoms with Gasteiger partial charge in [0.1, 0.15) is 18.2 Å². The van der Waals surface area contributed by atoms with Crippen molar-refractivity contribution < 1.29 is 18.7 Å². The predicted molar refractivity (Wildman–Crippen MR) is 111 cm³/mol. The van der Waals surface area contributed by atoms with Crippen LogP contribution in [0.25, 0.3) is 0 Å². The Morgan fingerprint density at radius 2 is 1.93 bits per heavy atom. The largest absolute Gasteiger partial charge is 0.490 e. The van der Waals surface area contributed by atoms with E-state index in [-0.39, 0.29) is 18.3 Å². The summed E-state index contributed by atoms with van der Waals surface area (Å²) in [7, 11) is 0. The molecule has 3 amide bonds. The molecule has 0 unspecified atom stereocenters. The van der Waals surface area contributed by atoms with E-state index < -0.39 is 11.4 Å². The molecule has 1 heterocycles. The lowest BCUT2D eigenvalue weighted by Crippen LogP contribution is -2.42. The lowest BCUT2D eigenvalue weighted by molar-refractivity contribution is -0.127. The van der Waals surface area contributed by atoms with Gasteiger partial charge in [0.2, 0.25) is 5.91 Å². The maximum Gasteiger partial charge on any atom is 0.319 e. The van der Waals surface area contributed by atoms with Gasteiger partial charge < -0.3 is 20.3 Å². The first-order valence-corrected chi connectivity index (χ1v) is 9.68. The average molecular weight is 399 g/mol. The third kappa shape index (κ3) is 4.85. The standard InChI is InChI=1S/C22H26FN3O3/c1-4-11-26-18-12-17(9-10-19(18)29-14-22(2,3)20(26)27)25-21(28)24-13-15-5-7-16(23)8-6-15/h5-10,12H,4,11,13-14H2,1-3H3,(H2,24,25,28). The van der Waals surface area contributed by atoms with E-state index in [1.165, 1.54) is 12.1 Å². The fraction of sp³-hybridized carbons (Fsp3) is 0.364. The van der Waals surface area contributed by atoms with Gasteiger partial charge in [-0.05, 0) is 56.2 Å². The van der Waals surface area contributed by atoms with Crippen molar-refractivity contribution >= 4 is 23.3 Å². The van der Waals surface area contributed by atoms with Crippen molar-refractivity contribution in [2.24, 2.45) is 5.41 Å². The van der Waals surface area contributed by atoms with Crippen LogP contribution in [0, 0.1) is 11.2 Å². The number of urea groups is 1. The summed E-state index contributed by atoms with van der Waals surface area (Å²) in [5, 5.41) is 5.51. The number of fused-ring (bicyclic) bond motifs is 1. The molecule has 0 spiro atoms. The number of amides is 3. The Balaban J connectivity index is 1.73. The first kappa shape index (κ1) is 20.6. The molecule has 0 saturated carbocycles. The number of carbonyl (C=O) groups excluding carboxylic acids is 2. The molecule has 1 aliphatic heterocycles. The van der Waals surface area contributed by atoms with Crippen molar-refractivity contribution in [2.75, 3.05) is 23.4 Å². The third-order valence-corrected chi connectivity index (χ3v) is 4.73. The molecule has 7 heteroatoms. The van der Waals surface area contributed by atoms with Crippen molar-refractivity contribution in [1.29, 1.82) is 0 Å². The summed E-state index contributed by atoms with van der Waals surface area (Å²) in [6.07, 6.45) is 0.803. The zero-order valence-electron chi connectivity index (χ0n) is 16.9. The highest BCUT2D eigenvalue weighted by atomic mass is 19.1. The van der Waals surface area contributed by atoms with E-state index in [0.717, 1.165) is 12.0 Å². The van der Waals surface area contributed by atoms with Gasteiger partial charge in [0.15, 0.2) is 0 Å². The van der Waals surface area contributed by atoms with Crippen LogP contribution in [0.3, 0.4) is 0 Å². The number of hydrogen-bond acceptors (Lipinski definition) is 3. The molecular weight excluding hydrogens is 373 g/mol. The van der Waals surface area contributed by atoms with Crippen molar-refractivity contribution in [3.8, 4) is 5.75 Å². The molecule has 0 radical (unpaired) electrons. The predicted octanol–water partition coefficient (Wildman–Crippen LogP) is 4.31. The van der Waals surface area contributed by atoms with Gasteiger partial charge >= 0.3 is 6.03 Å². The molecule has 1 aliphatic rings. The number of ether oxygens (including phenoxy) is 1. The van der Waals surface area contributed by atoms with E-state index in [1.54, 1.807) is 35.2 Å². The summed E-state index contributed by atoms with van der Waals surface area (Å²) in [6.45, 7) is 6.88. The third-order valence-electron chi connectivity index (χ3n) is 4.73. The number of rotatable bonds is 5. The Kier molecular flexibility index (Phi) is 6.06. The molecular formula is C22H26FN3O3. The van der Waals surface area contributed by atoms with E-state index in [2.05, 4.69) is 10.6 Å². The van der Waals surface area contributed by atoms with Gasteiger partial charge in [0.25, 0.3) is 0 Å². The molecule has 0 aromatic heterocycles. The van der Waals surface area contributed by atoms with Crippen LogP contribution in [0.15, 0.2) is 42.5 Å². The Morgan fingerprint density at radius 3 is 2.62 bits per heavy atom. The van der Waals surface area contributed by atoms with E-state index in [1.807, 2.05) is 20.8 Å². The molecule has 0 bridgehead atoms. The van der Waals surface area contributed by atoms with Crippen LogP contribution in [0.1, 0.15) is 32.8 Å². The van der Waals surface area contributed by atoms with Crippen molar-refractivity contribution in [3.63, 3.8) is 0 Å². The Morgan fingerprint density at radius 1 is 1.21 bits per heavy atom. The minimum Gasteiger partial charge on any atom is -0.490 e. The average Bonchev–Trinajstić information content (AvgIpc) is 2.78. The maximum atomic E-state index is 13.0. The molecule has 6 nitrogen and oxygen atoms in total. The Hall–Kier alpha value is -3.09. The van der Waals surface area contributed by atoms with E-state index in [9.17, 15) is 14.0 Å². The van der Waals surface area contributed by atoms with Gasteiger partial charge in [-0.25, -0.2) is 9.18 Å². The SMILES string of the molecule is CCCN1C(=O)C(C)(C)COc2ccc(NC(=O)NCc3ccc(F)cc3)cc21. The van der Waals surface area contributed by atoms with Crippen LogP contribution < -0.4 is 20.3 Å². The molecule has 0 atom stereocenters. The van der Waals surface area contributed by atoms with Gasteiger partial charge in [0.05, 0.1) is 11.1 Å². The molecule has 0 saturated heterocycles. The van der Waals surface area contributed by atoms with Gasteiger partial charge in [-0.15, -0.1) is 0 Å². The van der Waals surface area contributed by atoms with Crippen LogP contribution in [-0.2, 0) is 11.3 Å². The van der Waals surface area contributed by atoms with Gasteiger partial charge in [-0.2, -0.15) is 0 Å². The van der Waals surface area contributed by atoms with Crippen LogP contribution in [0.5, 0.6) is 5.75 Å². The number of nitrogens with zero attached hydrogens (tertiary/aromatic N) is 1. The summed E-state index contributed by atoms with van der Waals surface area (Å²) >= 11 is 0. The number of nitrogens with one attached hydrogen (secondary N) is 2. The lowest BCUT2D eigenvalue weighted by atomic mass is 9.93. The highest BCUT2D eigenvalue weighted by Crippen LogP contribution is 2.38. The fourth-order valence-electron chi connectivity index (χ4n) is 3.13. The van der Waals surface area contributed by atoms with E-state index >= 15 is 0 Å². The molecule has 2 N–H and O–H groups in total. The number of halogens is 1. The molecule has 3 rings (SSSR count). The summed E-state index contributed by atoms with van der Waals surface area (Å²) in [6, 6.07) is 10.8. The van der Waals surface area contributed by atoms with Crippen LogP contribution >= 0.6 is 0 Å². The zero-order chi connectivity index (χ0) is 21.0. The van der Waals surface area contributed by atoms with Gasteiger partial charge in [-0.3, -0.25) is 4.79 Å².